The van der Waals surface area contributed by atoms with Gasteiger partial charge in [-0.2, -0.15) is 0 Å². The Morgan fingerprint density at radius 2 is 2.15 bits per heavy atom. The van der Waals surface area contributed by atoms with Crippen molar-refractivity contribution in [2.75, 3.05) is 13.2 Å². The second-order valence-electron chi connectivity index (χ2n) is 5.05. The molecule has 0 saturated carbocycles. The first kappa shape index (κ1) is 15.9. The fourth-order valence-electron chi connectivity index (χ4n) is 2.25. The van der Waals surface area contributed by atoms with Crippen LogP contribution in [-0.2, 0) is 4.74 Å². The molecule has 0 aliphatic carbocycles. The third-order valence-electron chi connectivity index (χ3n) is 3.35. The van der Waals surface area contributed by atoms with E-state index in [4.69, 9.17) is 17.0 Å². The second-order valence-corrected chi connectivity index (χ2v) is 6.60. The lowest BCUT2D eigenvalue weighted by Gasteiger charge is -2.23. The topological polar surface area (TPSA) is 29.9 Å². The van der Waals surface area contributed by atoms with Crippen LogP contribution in [-0.4, -0.2) is 22.8 Å². The molecule has 1 heterocycles. The third-order valence-corrected chi connectivity index (χ3v) is 4.48. The first-order valence-electron chi connectivity index (χ1n) is 6.62. The van der Waals surface area contributed by atoms with Gasteiger partial charge < -0.3 is 14.3 Å². The average molecular weight is 408 g/mol. The fourth-order valence-corrected chi connectivity index (χ4v) is 3.06. The lowest BCUT2D eigenvalue weighted by molar-refractivity contribution is 0.0974. The number of hydrogen-bond acceptors (Lipinski definition) is 2. The Morgan fingerprint density at radius 3 is 2.75 bits per heavy atom. The van der Waals surface area contributed by atoms with Crippen molar-refractivity contribution in [2.24, 2.45) is 5.92 Å². The highest BCUT2D eigenvalue weighted by Gasteiger charge is 2.20. The molecule has 1 atom stereocenters. The zero-order valence-electron chi connectivity index (χ0n) is 11.7. The molecule has 1 aromatic carbocycles. The van der Waals surface area contributed by atoms with Crippen LogP contribution >= 0.6 is 34.8 Å². The lowest BCUT2D eigenvalue weighted by atomic mass is 10.0. The molecule has 0 radical (unpaired) electrons. The van der Waals surface area contributed by atoms with Gasteiger partial charge in [0, 0.05) is 12.7 Å². The molecule has 1 N–H and O–H groups in total. The smallest absolute Gasteiger partial charge is 0.178 e. The molecule has 110 valence electrons. The summed E-state index contributed by atoms with van der Waals surface area (Å²) < 4.78 is 22.6. The van der Waals surface area contributed by atoms with Crippen molar-refractivity contribution in [1.82, 2.24) is 9.55 Å². The summed E-state index contributed by atoms with van der Waals surface area (Å²) in [7, 11) is 0. The first-order chi connectivity index (χ1) is 9.45. The van der Waals surface area contributed by atoms with Gasteiger partial charge in [0.25, 0.3) is 0 Å². The molecule has 0 saturated heterocycles. The lowest BCUT2D eigenvalue weighted by Crippen LogP contribution is -2.21. The summed E-state index contributed by atoms with van der Waals surface area (Å²) in [6.07, 6.45) is 0. The van der Waals surface area contributed by atoms with Crippen LogP contribution in [0.3, 0.4) is 0 Å². The Labute approximate surface area is 136 Å². The van der Waals surface area contributed by atoms with E-state index in [2.05, 4.69) is 18.8 Å². The summed E-state index contributed by atoms with van der Waals surface area (Å²) in [5, 5.41) is 0. The minimum atomic E-state index is -0.222. The zero-order valence-corrected chi connectivity index (χ0v) is 14.7. The fraction of sp³-hybridized carbons (Fsp3) is 0.500. The number of H-pyrrole nitrogens is 1. The Kier molecular flexibility index (Phi) is 5.19. The maximum Gasteiger partial charge on any atom is 0.178 e. The first-order valence-corrected chi connectivity index (χ1v) is 8.11. The standard InChI is InChI=1S/C14H18FIN2OS/c1-4-19-7-13(8(2)3)18-12-5-9(15)10(16)6-11(12)17-14(18)20/h5-6,8,13H,4,7H2,1-3H3,(H,17,20). The highest BCUT2D eigenvalue weighted by Crippen LogP contribution is 2.27. The summed E-state index contributed by atoms with van der Waals surface area (Å²) in [6.45, 7) is 7.43. The van der Waals surface area contributed by atoms with Crippen molar-refractivity contribution in [2.45, 2.75) is 26.8 Å². The van der Waals surface area contributed by atoms with E-state index in [1.165, 1.54) is 0 Å². The van der Waals surface area contributed by atoms with Gasteiger partial charge in [-0.1, -0.05) is 13.8 Å². The normalized spacial score (nSPS) is 13.3. The molecule has 0 bridgehead atoms. The van der Waals surface area contributed by atoms with Crippen molar-refractivity contribution in [1.29, 1.82) is 0 Å². The number of nitrogens with one attached hydrogen (secondary N) is 1. The summed E-state index contributed by atoms with van der Waals surface area (Å²) in [5.74, 6) is 0.120. The van der Waals surface area contributed by atoms with Gasteiger partial charge in [-0.05, 0) is 53.7 Å². The Hall–Kier alpha value is -0.470. The molecule has 1 unspecified atom stereocenters. The maximum atomic E-state index is 13.9. The van der Waals surface area contributed by atoms with Gasteiger partial charge in [0.2, 0.25) is 0 Å². The summed E-state index contributed by atoms with van der Waals surface area (Å²) in [4.78, 5) is 3.16. The van der Waals surface area contributed by atoms with Crippen molar-refractivity contribution >= 4 is 45.8 Å². The molecule has 0 fully saturated rings. The van der Waals surface area contributed by atoms with Crippen molar-refractivity contribution < 1.29 is 9.13 Å². The number of fused-ring (bicyclic) bond motifs is 1. The van der Waals surface area contributed by atoms with Crippen LogP contribution in [0.2, 0.25) is 0 Å². The Bertz CT molecular complexity index is 665. The van der Waals surface area contributed by atoms with Crippen LogP contribution < -0.4 is 0 Å². The quantitative estimate of drug-likeness (QED) is 0.576. The van der Waals surface area contributed by atoms with Crippen LogP contribution in [0.25, 0.3) is 11.0 Å². The molecular formula is C14H18FIN2OS. The molecule has 3 nitrogen and oxygen atoms in total. The van der Waals surface area contributed by atoms with E-state index in [-0.39, 0.29) is 11.9 Å². The van der Waals surface area contributed by atoms with Crippen LogP contribution in [0.1, 0.15) is 26.8 Å². The molecule has 0 amide bonds. The van der Waals surface area contributed by atoms with Gasteiger partial charge in [0.1, 0.15) is 5.82 Å². The van der Waals surface area contributed by atoms with Gasteiger partial charge in [0.05, 0.1) is 27.3 Å². The highest BCUT2D eigenvalue weighted by molar-refractivity contribution is 14.1. The van der Waals surface area contributed by atoms with Gasteiger partial charge in [0.15, 0.2) is 4.77 Å². The minimum Gasteiger partial charge on any atom is -0.380 e. The maximum absolute atomic E-state index is 13.9. The number of aromatic nitrogens is 2. The number of halogens is 2. The van der Waals surface area contributed by atoms with E-state index in [0.29, 0.717) is 27.5 Å². The Morgan fingerprint density at radius 1 is 1.45 bits per heavy atom. The van der Waals surface area contributed by atoms with Crippen LogP contribution in [0, 0.1) is 20.1 Å². The predicted octanol–water partition coefficient (Wildman–Crippen LogP) is 4.68. The number of aromatic amines is 1. The third kappa shape index (κ3) is 3.07. The molecule has 2 aromatic rings. The molecule has 0 aliphatic rings. The number of ether oxygens (including phenoxy) is 1. The summed E-state index contributed by atoms with van der Waals surface area (Å²) >= 11 is 7.40. The molecule has 0 aliphatic heterocycles. The van der Waals surface area contributed by atoms with E-state index in [1.54, 1.807) is 12.1 Å². The van der Waals surface area contributed by atoms with E-state index < -0.39 is 0 Å². The van der Waals surface area contributed by atoms with E-state index in [1.807, 2.05) is 34.1 Å². The van der Waals surface area contributed by atoms with Crippen LogP contribution in [0.5, 0.6) is 0 Å². The highest BCUT2D eigenvalue weighted by atomic mass is 127. The van der Waals surface area contributed by atoms with Crippen LogP contribution in [0.4, 0.5) is 4.39 Å². The molecule has 6 heteroatoms. The SMILES string of the molecule is CCOCC(C(C)C)n1c(=S)[nH]c2cc(I)c(F)cc21. The Balaban J connectivity index is 2.59. The van der Waals surface area contributed by atoms with Crippen LogP contribution in [0.15, 0.2) is 12.1 Å². The van der Waals surface area contributed by atoms with E-state index in [0.717, 1.165) is 11.0 Å². The summed E-state index contributed by atoms with van der Waals surface area (Å²) in [5.41, 5.74) is 1.66. The number of imidazole rings is 1. The van der Waals surface area contributed by atoms with E-state index >= 15 is 0 Å². The van der Waals surface area contributed by atoms with Crippen molar-refractivity contribution in [3.05, 3.63) is 26.3 Å². The van der Waals surface area contributed by atoms with Gasteiger partial charge >= 0.3 is 0 Å². The number of nitrogens with zero attached hydrogens (tertiary/aromatic N) is 1. The molecule has 1 aromatic heterocycles. The largest absolute Gasteiger partial charge is 0.380 e. The molecule has 2 rings (SSSR count). The van der Waals surface area contributed by atoms with Gasteiger partial charge in [-0.15, -0.1) is 0 Å². The van der Waals surface area contributed by atoms with Gasteiger partial charge in [-0.25, -0.2) is 4.39 Å². The van der Waals surface area contributed by atoms with Crippen molar-refractivity contribution in [3.8, 4) is 0 Å². The predicted molar refractivity (Wildman–Crippen MR) is 90.2 cm³/mol. The number of rotatable bonds is 5. The molecule has 0 spiro atoms. The minimum absolute atomic E-state index is 0.0932. The van der Waals surface area contributed by atoms with Gasteiger partial charge in [-0.3, -0.25) is 0 Å². The monoisotopic (exact) mass is 408 g/mol. The number of benzene rings is 1. The molecular weight excluding hydrogens is 390 g/mol. The number of hydrogen-bond donors (Lipinski definition) is 1. The second kappa shape index (κ2) is 6.53. The zero-order chi connectivity index (χ0) is 14.9. The molecule has 20 heavy (non-hydrogen) atoms. The average Bonchev–Trinajstić information content (AvgIpc) is 2.67. The van der Waals surface area contributed by atoms with Crippen molar-refractivity contribution in [3.63, 3.8) is 0 Å². The summed E-state index contributed by atoms with van der Waals surface area (Å²) in [6, 6.07) is 3.43. The van der Waals surface area contributed by atoms with E-state index in [9.17, 15) is 4.39 Å².